The summed E-state index contributed by atoms with van der Waals surface area (Å²) in [6.07, 6.45) is 2.75. The largest absolute Gasteiger partial charge is 0.506 e. The highest BCUT2D eigenvalue weighted by molar-refractivity contribution is 7.91. The molecule has 2 aromatic rings. The van der Waals surface area contributed by atoms with Crippen LogP contribution in [0, 0.1) is 5.82 Å². The lowest BCUT2D eigenvalue weighted by atomic mass is 10.2. The summed E-state index contributed by atoms with van der Waals surface area (Å²) in [5.74, 6) is -1.27. The van der Waals surface area contributed by atoms with E-state index < -0.39 is 15.7 Å². The van der Waals surface area contributed by atoms with Gasteiger partial charge in [-0.05, 0) is 42.8 Å². The Morgan fingerprint density at radius 2 is 1.80 bits per heavy atom. The van der Waals surface area contributed by atoms with Crippen molar-refractivity contribution >= 4 is 21.4 Å². The van der Waals surface area contributed by atoms with E-state index in [1.807, 2.05) is 6.92 Å². The molecule has 5 nitrogen and oxygen atoms in total. The van der Waals surface area contributed by atoms with Crippen LogP contribution in [-0.4, -0.2) is 19.4 Å². The van der Waals surface area contributed by atoms with Crippen LogP contribution < -0.4 is 5.32 Å². The van der Waals surface area contributed by atoms with Gasteiger partial charge < -0.3 is 10.4 Å². The van der Waals surface area contributed by atoms with E-state index in [2.05, 4.69) is 5.32 Å². The van der Waals surface area contributed by atoms with E-state index in [1.165, 1.54) is 18.2 Å². The second-order valence-electron chi connectivity index (χ2n) is 5.61. The molecular formula is C18H20FNO4S. The summed E-state index contributed by atoms with van der Waals surface area (Å²) >= 11 is 0. The molecule has 0 atom stereocenters. The second kappa shape index (κ2) is 8.11. The number of phenolic OH excluding ortho intramolecular Hbond substituents is 1. The van der Waals surface area contributed by atoms with Crippen LogP contribution in [0.3, 0.4) is 0 Å². The Kier molecular flexibility index (Phi) is 6.14. The van der Waals surface area contributed by atoms with Gasteiger partial charge >= 0.3 is 0 Å². The third kappa shape index (κ3) is 4.57. The monoisotopic (exact) mass is 365 g/mol. The average Bonchev–Trinajstić information content (AvgIpc) is 2.57. The maximum atomic E-state index is 13.0. The summed E-state index contributed by atoms with van der Waals surface area (Å²) in [7, 11) is -4.02. The van der Waals surface area contributed by atoms with Crippen molar-refractivity contribution in [3.63, 3.8) is 0 Å². The molecule has 0 radical (unpaired) electrons. The van der Waals surface area contributed by atoms with Crippen molar-refractivity contribution in [1.82, 2.24) is 0 Å². The number of nitrogens with one attached hydrogen (secondary N) is 1. The zero-order valence-corrected chi connectivity index (χ0v) is 14.6. The zero-order valence-electron chi connectivity index (χ0n) is 13.8. The number of sulfone groups is 1. The summed E-state index contributed by atoms with van der Waals surface area (Å²) in [4.78, 5) is 11.7. The Labute approximate surface area is 146 Å². The first-order valence-electron chi connectivity index (χ1n) is 7.98. The Balaban J connectivity index is 2.37. The van der Waals surface area contributed by atoms with Gasteiger partial charge in [0.25, 0.3) is 0 Å². The van der Waals surface area contributed by atoms with Crippen molar-refractivity contribution in [1.29, 1.82) is 0 Å². The first kappa shape index (κ1) is 18.9. The van der Waals surface area contributed by atoms with E-state index >= 15 is 0 Å². The van der Waals surface area contributed by atoms with E-state index in [9.17, 15) is 22.7 Å². The number of benzene rings is 2. The van der Waals surface area contributed by atoms with Gasteiger partial charge in [0.05, 0.1) is 9.79 Å². The fourth-order valence-corrected chi connectivity index (χ4v) is 3.78. The van der Waals surface area contributed by atoms with Gasteiger partial charge in [-0.25, -0.2) is 12.8 Å². The van der Waals surface area contributed by atoms with E-state index in [4.69, 9.17) is 0 Å². The summed E-state index contributed by atoms with van der Waals surface area (Å²) in [5, 5.41) is 12.5. The van der Waals surface area contributed by atoms with Crippen LogP contribution in [0.4, 0.5) is 10.1 Å². The van der Waals surface area contributed by atoms with Gasteiger partial charge in [-0.1, -0.05) is 25.8 Å². The van der Waals surface area contributed by atoms with Gasteiger partial charge in [-0.3, -0.25) is 4.79 Å². The lowest BCUT2D eigenvalue weighted by Crippen LogP contribution is -2.15. The summed E-state index contributed by atoms with van der Waals surface area (Å²) in [6, 6.07) is 8.32. The minimum atomic E-state index is -4.02. The zero-order chi connectivity index (χ0) is 18.4. The normalized spacial score (nSPS) is 11.3. The molecule has 0 bridgehead atoms. The highest BCUT2D eigenvalue weighted by Crippen LogP contribution is 2.34. The standard InChI is InChI=1S/C18H20FNO4S/c1-2-3-4-8-17(22)20-18-15(21)6-5-7-16(18)25(23,24)14-11-9-13(19)10-12-14/h5-7,9-12,21H,2-4,8H2,1H3,(H,20,22). The molecule has 134 valence electrons. The topological polar surface area (TPSA) is 83.5 Å². The number of phenols is 1. The number of aromatic hydroxyl groups is 1. The molecule has 0 saturated heterocycles. The van der Waals surface area contributed by atoms with Crippen LogP contribution in [0.1, 0.15) is 32.6 Å². The fourth-order valence-electron chi connectivity index (χ4n) is 2.35. The molecule has 0 aromatic heterocycles. The number of carbonyl (C=O) groups excluding carboxylic acids is 1. The number of hydrogen-bond donors (Lipinski definition) is 2. The van der Waals surface area contributed by atoms with Crippen LogP contribution in [0.2, 0.25) is 0 Å². The summed E-state index contributed by atoms with van der Waals surface area (Å²) < 4.78 is 38.6. The number of unbranched alkanes of at least 4 members (excludes halogenated alkanes) is 2. The van der Waals surface area contributed by atoms with Crippen molar-refractivity contribution < 1.29 is 22.7 Å². The maximum Gasteiger partial charge on any atom is 0.224 e. The second-order valence-corrected chi connectivity index (χ2v) is 7.53. The van der Waals surface area contributed by atoms with Crippen molar-refractivity contribution in [3.8, 4) is 5.75 Å². The number of rotatable bonds is 7. The number of amides is 1. The number of hydrogen-bond acceptors (Lipinski definition) is 4. The highest BCUT2D eigenvalue weighted by Gasteiger charge is 2.24. The first-order chi connectivity index (χ1) is 11.9. The Bertz CT molecular complexity index is 848. The van der Waals surface area contributed by atoms with Crippen molar-refractivity contribution in [2.45, 2.75) is 42.4 Å². The lowest BCUT2D eigenvalue weighted by molar-refractivity contribution is -0.116. The van der Waals surface area contributed by atoms with Crippen molar-refractivity contribution in [2.24, 2.45) is 0 Å². The molecule has 0 aliphatic rings. The Hall–Kier alpha value is -2.41. The molecular weight excluding hydrogens is 345 g/mol. The third-order valence-corrected chi connectivity index (χ3v) is 5.50. The molecule has 25 heavy (non-hydrogen) atoms. The number of para-hydroxylation sites is 1. The third-order valence-electron chi connectivity index (χ3n) is 3.69. The van der Waals surface area contributed by atoms with Crippen LogP contribution >= 0.6 is 0 Å². The van der Waals surface area contributed by atoms with Crippen molar-refractivity contribution in [2.75, 3.05) is 5.32 Å². The Morgan fingerprint density at radius 3 is 2.44 bits per heavy atom. The number of anilines is 1. The molecule has 0 aliphatic heterocycles. The fraction of sp³-hybridized carbons (Fsp3) is 0.278. The molecule has 0 saturated carbocycles. The quantitative estimate of drug-likeness (QED) is 0.443. The van der Waals surface area contributed by atoms with E-state index in [0.717, 1.165) is 37.1 Å². The summed E-state index contributed by atoms with van der Waals surface area (Å²) in [5.41, 5.74) is -0.159. The van der Waals surface area contributed by atoms with E-state index in [1.54, 1.807) is 0 Å². The number of carbonyl (C=O) groups is 1. The molecule has 7 heteroatoms. The maximum absolute atomic E-state index is 13.0. The van der Waals surface area contributed by atoms with Gasteiger partial charge in [0.1, 0.15) is 17.3 Å². The molecule has 0 spiro atoms. The predicted molar refractivity (Wildman–Crippen MR) is 92.7 cm³/mol. The van der Waals surface area contributed by atoms with E-state index in [0.29, 0.717) is 6.42 Å². The lowest BCUT2D eigenvalue weighted by Gasteiger charge is -2.13. The highest BCUT2D eigenvalue weighted by atomic mass is 32.2. The smallest absolute Gasteiger partial charge is 0.224 e. The van der Waals surface area contributed by atoms with Gasteiger partial charge in [0.15, 0.2) is 0 Å². The van der Waals surface area contributed by atoms with Crippen LogP contribution in [-0.2, 0) is 14.6 Å². The summed E-state index contributed by atoms with van der Waals surface area (Å²) in [6.45, 7) is 2.01. The van der Waals surface area contributed by atoms with Crippen LogP contribution in [0.25, 0.3) is 0 Å². The number of halogens is 1. The predicted octanol–water partition coefficient (Wildman–Crippen LogP) is 3.88. The van der Waals surface area contributed by atoms with Gasteiger partial charge in [-0.15, -0.1) is 0 Å². The Morgan fingerprint density at radius 1 is 1.12 bits per heavy atom. The van der Waals surface area contributed by atoms with Crippen molar-refractivity contribution in [3.05, 3.63) is 48.3 Å². The molecule has 0 fully saturated rings. The van der Waals surface area contributed by atoms with Gasteiger partial charge in [-0.2, -0.15) is 0 Å². The van der Waals surface area contributed by atoms with Gasteiger partial charge in [0, 0.05) is 6.42 Å². The molecule has 2 aromatic carbocycles. The average molecular weight is 365 g/mol. The first-order valence-corrected chi connectivity index (χ1v) is 9.47. The van der Waals surface area contributed by atoms with E-state index in [-0.39, 0.29) is 33.6 Å². The minimum Gasteiger partial charge on any atom is -0.506 e. The molecule has 1 amide bonds. The SMILES string of the molecule is CCCCCC(=O)Nc1c(O)cccc1S(=O)(=O)c1ccc(F)cc1. The molecule has 2 N–H and O–H groups in total. The molecule has 0 unspecified atom stereocenters. The molecule has 2 rings (SSSR count). The van der Waals surface area contributed by atoms with Gasteiger partial charge in [0.2, 0.25) is 15.7 Å². The van der Waals surface area contributed by atoms with Crippen LogP contribution in [0.15, 0.2) is 52.3 Å². The minimum absolute atomic E-state index is 0.124. The molecule has 0 aliphatic carbocycles. The van der Waals surface area contributed by atoms with Crippen LogP contribution in [0.5, 0.6) is 5.75 Å². The molecule has 0 heterocycles.